The van der Waals surface area contributed by atoms with E-state index in [0.717, 1.165) is 0 Å². The number of nitro groups is 1. The Morgan fingerprint density at radius 1 is 1.26 bits per heavy atom. The van der Waals surface area contributed by atoms with E-state index in [1.165, 1.54) is 30.1 Å². The molecule has 2 heterocycles. The predicted octanol–water partition coefficient (Wildman–Crippen LogP) is 3.96. The first kappa shape index (κ1) is 22.7. The fraction of sp³-hybridized carbons (Fsp3) is 0.0909. The number of nitro benzene ring substituents is 1. The summed E-state index contributed by atoms with van der Waals surface area (Å²) in [5, 5.41) is 24.3. The molecule has 4 aromatic rings. The number of para-hydroxylation sites is 1. The Bertz CT molecular complexity index is 1370. The third-order valence-corrected chi connectivity index (χ3v) is 5.83. The molecule has 0 atom stereocenters. The Morgan fingerprint density at radius 3 is 2.79 bits per heavy atom. The third kappa shape index (κ3) is 4.81. The standard InChI is InChI=1S/C22H19N7O4S/c1-2-28-20(18-8-5-11-33-18)25-27-22(28)34-19-10-9-15(29(31)32)12-14(19)13-24-26-21(30)16-6-3-4-7-17(16)23/h3-13H,2,23H2,1H3,(H,26,30)/b24-13-. The van der Waals surface area contributed by atoms with E-state index >= 15 is 0 Å². The number of nitrogens with zero attached hydrogens (tertiary/aromatic N) is 5. The number of rotatable bonds is 8. The van der Waals surface area contributed by atoms with Gasteiger partial charge in [0.05, 0.1) is 23.0 Å². The van der Waals surface area contributed by atoms with Gasteiger partial charge in [-0.25, -0.2) is 5.43 Å². The molecule has 1 amide bonds. The number of anilines is 1. The topological polar surface area (TPSA) is 154 Å². The number of hydrogen-bond donors (Lipinski definition) is 2. The minimum absolute atomic E-state index is 0.113. The molecule has 0 fully saturated rings. The summed E-state index contributed by atoms with van der Waals surface area (Å²) in [6.45, 7) is 2.53. The lowest BCUT2D eigenvalue weighted by atomic mass is 10.2. The van der Waals surface area contributed by atoms with Gasteiger partial charge in [-0.2, -0.15) is 5.10 Å². The van der Waals surface area contributed by atoms with Crippen LogP contribution in [0.15, 0.2) is 80.4 Å². The molecule has 2 aromatic carbocycles. The molecular weight excluding hydrogens is 458 g/mol. The number of nitrogen functional groups attached to an aromatic ring is 1. The van der Waals surface area contributed by atoms with E-state index in [0.29, 0.717) is 39.4 Å². The van der Waals surface area contributed by atoms with Gasteiger partial charge in [-0.1, -0.05) is 12.1 Å². The smallest absolute Gasteiger partial charge is 0.273 e. The number of carbonyl (C=O) groups is 1. The van der Waals surface area contributed by atoms with Gasteiger partial charge in [0.2, 0.25) is 0 Å². The molecule has 11 nitrogen and oxygen atoms in total. The minimum Gasteiger partial charge on any atom is -0.461 e. The molecule has 0 spiro atoms. The van der Waals surface area contributed by atoms with Crippen LogP contribution in [0.2, 0.25) is 0 Å². The van der Waals surface area contributed by atoms with Gasteiger partial charge in [-0.15, -0.1) is 10.2 Å². The maximum Gasteiger partial charge on any atom is 0.273 e. The Balaban J connectivity index is 1.61. The number of aromatic nitrogens is 3. The first-order valence-electron chi connectivity index (χ1n) is 10.1. The van der Waals surface area contributed by atoms with Crippen molar-refractivity contribution in [1.82, 2.24) is 20.2 Å². The number of carbonyl (C=O) groups excluding carboxylic acids is 1. The van der Waals surface area contributed by atoms with E-state index in [1.807, 2.05) is 11.5 Å². The summed E-state index contributed by atoms with van der Waals surface area (Å²) in [4.78, 5) is 23.8. The van der Waals surface area contributed by atoms with E-state index in [9.17, 15) is 14.9 Å². The van der Waals surface area contributed by atoms with Gasteiger partial charge in [0, 0.05) is 34.8 Å². The van der Waals surface area contributed by atoms with Gasteiger partial charge in [0.25, 0.3) is 11.6 Å². The summed E-state index contributed by atoms with van der Waals surface area (Å²) in [6.07, 6.45) is 2.89. The second-order valence-electron chi connectivity index (χ2n) is 6.90. The van der Waals surface area contributed by atoms with Crippen LogP contribution in [-0.2, 0) is 6.54 Å². The van der Waals surface area contributed by atoms with Crippen molar-refractivity contribution in [2.75, 3.05) is 5.73 Å². The Labute approximate surface area is 197 Å². The average molecular weight is 478 g/mol. The van der Waals surface area contributed by atoms with Crippen molar-refractivity contribution in [3.8, 4) is 11.6 Å². The predicted molar refractivity (Wildman–Crippen MR) is 127 cm³/mol. The molecule has 0 aliphatic rings. The number of nitrogens with one attached hydrogen (secondary N) is 1. The normalized spacial score (nSPS) is 11.1. The first-order chi connectivity index (χ1) is 16.5. The van der Waals surface area contributed by atoms with E-state index in [2.05, 4.69) is 20.7 Å². The summed E-state index contributed by atoms with van der Waals surface area (Å²) < 4.78 is 7.30. The van der Waals surface area contributed by atoms with Crippen molar-refractivity contribution in [3.05, 3.63) is 82.1 Å². The van der Waals surface area contributed by atoms with E-state index in [4.69, 9.17) is 10.2 Å². The maximum absolute atomic E-state index is 12.4. The molecule has 0 saturated heterocycles. The zero-order chi connectivity index (χ0) is 24.1. The van der Waals surface area contributed by atoms with Gasteiger partial charge in [-0.3, -0.25) is 19.5 Å². The van der Waals surface area contributed by atoms with Crippen LogP contribution in [0.4, 0.5) is 11.4 Å². The SMILES string of the molecule is CCn1c(Sc2ccc([N+](=O)[O-])cc2/C=N\NC(=O)c2ccccc2N)nnc1-c1ccco1. The van der Waals surface area contributed by atoms with Gasteiger partial charge < -0.3 is 10.2 Å². The van der Waals surface area contributed by atoms with Crippen LogP contribution in [0, 0.1) is 10.1 Å². The van der Waals surface area contributed by atoms with Crippen LogP contribution < -0.4 is 11.2 Å². The van der Waals surface area contributed by atoms with Crippen molar-refractivity contribution < 1.29 is 14.1 Å². The monoisotopic (exact) mass is 477 g/mol. The fourth-order valence-corrected chi connectivity index (χ4v) is 4.07. The van der Waals surface area contributed by atoms with Crippen LogP contribution >= 0.6 is 11.8 Å². The lowest BCUT2D eigenvalue weighted by Crippen LogP contribution is -2.19. The van der Waals surface area contributed by atoms with Crippen molar-refractivity contribution in [2.45, 2.75) is 23.5 Å². The quantitative estimate of drug-likeness (QED) is 0.167. The van der Waals surface area contributed by atoms with E-state index in [-0.39, 0.29) is 11.3 Å². The second kappa shape index (κ2) is 10.0. The number of furan rings is 1. The van der Waals surface area contributed by atoms with Crippen molar-refractivity contribution in [2.24, 2.45) is 5.10 Å². The lowest BCUT2D eigenvalue weighted by molar-refractivity contribution is -0.384. The number of benzene rings is 2. The molecule has 0 aliphatic carbocycles. The summed E-state index contributed by atoms with van der Waals surface area (Å²) >= 11 is 1.26. The molecule has 0 saturated carbocycles. The molecule has 2 aromatic heterocycles. The minimum atomic E-state index is -0.501. The molecule has 0 aliphatic heterocycles. The molecule has 4 rings (SSSR count). The average Bonchev–Trinajstić information content (AvgIpc) is 3.49. The number of amides is 1. The zero-order valence-corrected chi connectivity index (χ0v) is 18.7. The third-order valence-electron chi connectivity index (χ3n) is 4.76. The highest BCUT2D eigenvalue weighted by molar-refractivity contribution is 7.99. The maximum atomic E-state index is 12.4. The summed E-state index contributed by atoms with van der Waals surface area (Å²) in [7, 11) is 0. The van der Waals surface area contributed by atoms with Crippen LogP contribution in [0.1, 0.15) is 22.8 Å². The highest BCUT2D eigenvalue weighted by Gasteiger charge is 2.18. The Hall–Kier alpha value is -4.45. The van der Waals surface area contributed by atoms with Crippen molar-refractivity contribution in [3.63, 3.8) is 0 Å². The first-order valence-corrected chi connectivity index (χ1v) is 10.9. The van der Waals surface area contributed by atoms with E-state index < -0.39 is 10.8 Å². The summed E-state index contributed by atoms with van der Waals surface area (Å²) in [6, 6.07) is 14.5. The fourth-order valence-electron chi connectivity index (χ4n) is 3.10. The largest absolute Gasteiger partial charge is 0.461 e. The molecular formula is C22H19N7O4S. The van der Waals surface area contributed by atoms with Crippen LogP contribution in [0.5, 0.6) is 0 Å². The van der Waals surface area contributed by atoms with Crippen LogP contribution in [-0.4, -0.2) is 31.8 Å². The van der Waals surface area contributed by atoms with Crippen LogP contribution in [0.3, 0.4) is 0 Å². The summed E-state index contributed by atoms with van der Waals surface area (Å²) in [5.74, 6) is 0.650. The Kier molecular flexibility index (Phi) is 6.69. The van der Waals surface area contributed by atoms with Crippen molar-refractivity contribution in [1.29, 1.82) is 0 Å². The van der Waals surface area contributed by atoms with Gasteiger partial charge in [-0.05, 0) is 49.0 Å². The summed E-state index contributed by atoms with van der Waals surface area (Å²) in [5.41, 5.74) is 9.11. The number of non-ortho nitro benzene ring substituents is 1. The number of hydrogen-bond acceptors (Lipinski definition) is 9. The molecule has 0 bridgehead atoms. The molecule has 3 N–H and O–H groups in total. The molecule has 0 radical (unpaired) electrons. The van der Waals surface area contributed by atoms with Crippen LogP contribution in [0.25, 0.3) is 11.6 Å². The highest BCUT2D eigenvalue weighted by Crippen LogP contribution is 2.33. The van der Waals surface area contributed by atoms with E-state index in [1.54, 1.807) is 48.7 Å². The molecule has 12 heteroatoms. The molecule has 0 unspecified atom stereocenters. The highest BCUT2D eigenvalue weighted by atomic mass is 32.2. The number of hydrazone groups is 1. The Morgan fingerprint density at radius 2 is 2.09 bits per heavy atom. The molecule has 172 valence electrons. The zero-order valence-electron chi connectivity index (χ0n) is 17.9. The van der Waals surface area contributed by atoms with Gasteiger partial charge >= 0.3 is 0 Å². The van der Waals surface area contributed by atoms with Crippen molar-refractivity contribution >= 4 is 35.3 Å². The van der Waals surface area contributed by atoms with Gasteiger partial charge in [0.15, 0.2) is 16.7 Å². The second-order valence-corrected chi connectivity index (χ2v) is 7.90. The number of nitrogens with two attached hydrogens (primary N) is 1. The van der Waals surface area contributed by atoms with Gasteiger partial charge in [0.1, 0.15) is 0 Å². The molecule has 34 heavy (non-hydrogen) atoms. The lowest BCUT2D eigenvalue weighted by Gasteiger charge is -2.08.